The fourth-order valence-corrected chi connectivity index (χ4v) is 4.66. The molecule has 0 amide bonds. The highest BCUT2D eigenvalue weighted by molar-refractivity contribution is 6.33. The summed E-state index contributed by atoms with van der Waals surface area (Å²) in [5, 5.41) is 20.3. The predicted molar refractivity (Wildman–Crippen MR) is 141 cm³/mol. The van der Waals surface area contributed by atoms with Crippen LogP contribution in [0, 0.1) is 11.3 Å². The minimum atomic E-state index is -0.921. The van der Waals surface area contributed by atoms with Crippen LogP contribution < -0.4 is 9.64 Å². The lowest BCUT2D eigenvalue weighted by Gasteiger charge is -2.43. The third-order valence-corrected chi connectivity index (χ3v) is 6.58. The Labute approximate surface area is 217 Å². The smallest absolute Gasteiger partial charge is 0.121 e. The number of ether oxygens (including phenoxy) is 1. The number of nitrogens with zero attached hydrogens (tertiary/aromatic N) is 3. The number of halogens is 2. The molecule has 0 aromatic heterocycles. The Balaban J connectivity index is 1.56. The van der Waals surface area contributed by atoms with Gasteiger partial charge >= 0.3 is 0 Å². The van der Waals surface area contributed by atoms with Crippen LogP contribution in [0.25, 0.3) is 0 Å². The summed E-state index contributed by atoms with van der Waals surface area (Å²) >= 11 is 12.9. The van der Waals surface area contributed by atoms with Crippen LogP contribution in [0.4, 0.5) is 5.69 Å². The highest BCUT2D eigenvalue weighted by Gasteiger charge is 2.30. The van der Waals surface area contributed by atoms with Crippen LogP contribution in [0.3, 0.4) is 0 Å². The summed E-state index contributed by atoms with van der Waals surface area (Å²) in [6.07, 6.45) is 0. The standard InChI is InChI=1S/C28H29Cl2N3O2/c1-28(2,34)19-35-24-11-12-26(25(30)15-24)33-14-13-32(17-21-5-3-20(16-31)4-6-21)18-27(33)22-7-9-23(29)10-8-22/h3-12,15,27,34H,13-14,17-19H2,1-2H3/t27-/m0/s1. The van der Waals surface area contributed by atoms with Crippen LogP contribution in [-0.2, 0) is 6.54 Å². The molecule has 4 rings (SSSR count). The first-order valence-electron chi connectivity index (χ1n) is 11.6. The molecule has 1 N–H and O–H groups in total. The quantitative estimate of drug-likeness (QED) is 0.418. The van der Waals surface area contributed by atoms with Gasteiger partial charge in [0.15, 0.2) is 0 Å². The Hall–Kier alpha value is -2.75. The van der Waals surface area contributed by atoms with E-state index in [1.165, 1.54) is 5.56 Å². The molecule has 0 unspecified atom stereocenters. The van der Waals surface area contributed by atoms with Gasteiger partial charge in [0.25, 0.3) is 0 Å². The monoisotopic (exact) mass is 509 g/mol. The van der Waals surface area contributed by atoms with E-state index >= 15 is 0 Å². The number of rotatable bonds is 7. The highest BCUT2D eigenvalue weighted by atomic mass is 35.5. The summed E-state index contributed by atoms with van der Waals surface area (Å²) in [7, 11) is 0. The zero-order chi connectivity index (χ0) is 25.0. The van der Waals surface area contributed by atoms with Crippen LogP contribution >= 0.6 is 23.2 Å². The first-order chi connectivity index (χ1) is 16.7. The minimum absolute atomic E-state index is 0.0834. The second-order valence-electron chi connectivity index (χ2n) is 9.52. The molecule has 35 heavy (non-hydrogen) atoms. The van der Waals surface area contributed by atoms with Gasteiger partial charge in [0.05, 0.1) is 34.0 Å². The summed E-state index contributed by atoms with van der Waals surface area (Å²) in [5.41, 5.74) is 3.04. The zero-order valence-electron chi connectivity index (χ0n) is 19.9. The summed E-state index contributed by atoms with van der Waals surface area (Å²) in [6, 6.07) is 23.7. The van der Waals surface area contributed by atoms with Crippen molar-refractivity contribution in [2.45, 2.75) is 32.0 Å². The number of nitriles is 1. The molecule has 0 saturated carbocycles. The van der Waals surface area contributed by atoms with Gasteiger partial charge in [-0.25, -0.2) is 0 Å². The molecular formula is C28H29Cl2N3O2. The Bertz CT molecular complexity index is 1180. The van der Waals surface area contributed by atoms with Crippen molar-refractivity contribution >= 4 is 28.9 Å². The Kier molecular flexibility index (Phi) is 7.88. The molecule has 1 fully saturated rings. The lowest BCUT2D eigenvalue weighted by atomic mass is 10.0. The maximum Gasteiger partial charge on any atom is 0.121 e. The van der Waals surface area contributed by atoms with Crippen LogP contribution in [-0.4, -0.2) is 41.8 Å². The van der Waals surface area contributed by atoms with Crippen molar-refractivity contribution in [3.63, 3.8) is 0 Å². The number of piperazine rings is 1. The second kappa shape index (κ2) is 10.9. The number of hydrogen-bond donors (Lipinski definition) is 1. The van der Waals surface area contributed by atoms with Crippen LogP contribution in [0.1, 0.15) is 36.6 Å². The molecule has 3 aromatic rings. The van der Waals surface area contributed by atoms with Gasteiger partial charge in [0.2, 0.25) is 0 Å². The lowest BCUT2D eigenvalue weighted by Crippen LogP contribution is -2.48. The molecular weight excluding hydrogens is 481 g/mol. The third-order valence-electron chi connectivity index (χ3n) is 6.03. The van der Waals surface area contributed by atoms with Crippen molar-refractivity contribution in [1.82, 2.24) is 4.90 Å². The van der Waals surface area contributed by atoms with Gasteiger partial charge in [0, 0.05) is 37.3 Å². The first-order valence-corrected chi connectivity index (χ1v) is 12.4. The van der Waals surface area contributed by atoms with E-state index in [1.54, 1.807) is 13.8 Å². The van der Waals surface area contributed by atoms with E-state index in [1.807, 2.05) is 54.6 Å². The number of anilines is 1. The summed E-state index contributed by atoms with van der Waals surface area (Å²) in [6.45, 7) is 6.89. The minimum Gasteiger partial charge on any atom is -0.491 e. The van der Waals surface area contributed by atoms with Gasteiger partial charge in [-0.15, -0.1) is 0 Å². The predicted octanol–water partition coefficient (Wildman–Crippen LogP) is 6.08. The van der Waals surface area contributed by atoms with Gasteiger partial charge in [-0.2, -0.15) is 5.26 Å². The van der Waals surface area contributed by atoms with Crippen molar-refractivity contribution in [2.75, 3.05) is 31.1 Å². The number of aliphatic hydroxyl groups is 1. The maximum atomic E-state index is 9.95. The summed E-state index contributed by atoms with van der Waals surface area (Å²) < 4.78 is 5.72. The van der Waals surface area contributed by atoms with Gasteiger partial charge in [-0.3, -0.25) is 4.90 Å². The topological polar surface area (TPSA) is 59.7 Å². The van der Waals surface area contributed by atoms with Crippen molar-refractivity contribution in [3.05, 3.63) is 93.5 Å². The Morgan fingerprint density at radius 2 is 1.74 bits per heavy atom. The molecule has 0 spiro atoms. The first kappa shape index (κ1) is 25.3. The van der Waals surface area contributed by atoms with Gasteiger partial charge in [0.1, 0.15) is 12.4 Å². The van der Waals surface area contributed by atoms with E-state index in [0.717, 1.165) is 37.4 Å². The maximum absolute atomic E-state index is 9.95. The van der Waals surface area contributed by atoms with E-state index in [2.05, 4.69) is 28.0 Å². The molecule has 5 nitrogen and oxygen atoms in total. The average molecular weight is 510 g/mol. The normalized spacial score (nSPS) is 16.7. The molecule has 1 atom stereocenters. The molecule has 3 aromatic carbocycles. The molecule has 1 aliphatic heterocycles. The molecule has 1 heterocycles. The van der Waals surface area contributed by atoms with E-state index in [-0.39, 0.29) is 12.6 Å². The van der Waals surface area contributed by atoms with Crippen molar-refractivity contribution < 1.29 is 9.84 Å². The lowest BCUT2D eigenvalue weighted by molar-refractivity contribution is 0.0285. The third kappa shape index (κ3) is 6.68. The van der Waals surface area contributed by atoms with E-state index in [9.17, 15) is 5.11 Å². The molecule has 182 valence electrons. The van der Waals surface area contributed by atoms with Crippen molar-refractivity contribution in [2.24, 2.45) is 0 Å². The molecule has 0 bridgehead atoms. The largest absolute Gasteiger partial charge is 0.491 e. The van der Waals surface area contributed by atoms with Crippen LogP contribution in [0.2, 0.25) is 10.0 Å². The number of hydrogen-bond acceptors (Lipinski definition) is 5. The SMILES string of the molecule is CC(C)(O)COc1ccc(N2CCN(Cc3ccc(C#N)cc3)C[C@H]2c2ccc(Cl)cc2)c(Cl)c1. The van der Waals surface area contributed by atoms with Crippen molar-refractivity contribution in [1.29, 1.82) is 5.26 Å². The zero-order valence-corrected chi connectivity index (χ0v) is 21.4. The molecule has 0 radical (unpaired) electrons. The second-order valence-corrected chi connectivity index (χ2v) is 10.4. The van der Waals surface area contributed by atoms with Crippen LogP contribution in [0.15, 0.2) is 66.7 Å². The van der Waals surface area contributed by atoms with Crippen LogP contribution in [0.5, 0.6) is 5.75 Å². The fraction of sp³-hybridized carbons (Fsp3) is 0.321. The fourth-order valence-electron chi connectivity index (χ4n) is 4.25. The number of benzene rings is 3. The van der Waals surface area contributed by atoms with E-state index in [4.69, 9.17) is 33.2 Å². The van der Waals surface area contributed by atoms with Crippen molar-refractivity contribution in [3.8, 4) is 11.8 Å². The van der Waals surface area contributed by atoms with Gasteiger partial charge in [-0.05, 0) is 61.4 Å². The van der Waals surface area contributed by atoms with Gasteiger partial charge < -0.3 is 14.7 Å². The average Bonchev–Trinajstić information content (AvgIpc) is 2.84. The Morgan fingerprint density at radius 1 is 1.03 bits per heavy atom. The van der Waals surface area contributed by atoms with E-state index < -0.39 is 5.60 Å². The van der Waals surface area contributed by atoms with E-state index in [0.29, 0.717) is 21.4 Å². The molecule has 7 heteroatoms. The summed E-state index contributed by atoms with van der Waals surface area (Å²) in [4.78, 5) is 4.76. The molecule has 1 saturated heterocycles. The molecule has 1 aliphatic rings. The Morgan fingerprint density at radius 3 is 2.37 bits per heavy atom. The van der Waals surface area contributed by atoms with Gasteiger partial charge in [-0.1, -0.05) is 47.5 Å². The highest BCUT2D eigenvalue weighted by Crippen LogP contribution is 2.37. The molecule has 0 aliphatic carbocycles. The summed E-state index contributed by atoms with van der Waals surface area (Å²) in [5.74, 6) is 0.628.